The molecule has 1 heterocycles. The van der Waals surface area contributed by atoms with Gasteiger partial charge >= 0.3 is 6.03 Å². The van der Waals surface area contributed by atoms with E-state index in [0.29, 0.717) is 13.0 Å². The number of anilines is 2. The summed E-state index contributed by atoms with van der Waals surface area (Å²) in [7, 11) is 2.10. The lowest BCUT2D eigenvalue weighted by atomic mass is 9.87. The predicted molar refractivity (Wildman–Crippen MR) is 95.1 cm³/mol. The van der Waals surface area contributed by atoms with Crippen molar-refractivity contribution in [3.05, 3.63) is 23.8 Å². The number of aliphatic hydroxyl groups excluding tert-OH is 1. The van der Waals surface area contributed by atoms with Crippen LogP contribution in [0, 0.1) is 5.41 Å². The van der Waals surface area contributed by atoms with E-state index in [0.717, 1.165) is 25.1 Å². The molecule has 1 aromatic rings. The molecule has 1 aliphatic rings. The van der Waals surface area contributed by atoms with Crippen LogP contribution in [0.4, 0.5) is 16.2 Å². The third-order valence-electron chi connectivity index (χ3n) is 4.26. The van der Waals surface area contributed by atoms with Crippen molar-refractivity contribution in [1.82, 2.24) is 5.32 Å². The topological polar surface area (TPSA) is 64.6 Å². The number of carbonyl (C=O) groups excluding carboxylic acids is 1. The normalized spacial score (nSPS) is 15.8. The highest BCUT2D eigenvalue weighted by Gasteiger charge is 2.21. The van der Waals surface area contributed by atoms with Gasteiger partial charge in [0.2, 0.25) is 0 Å². The fraction of sp³-hybridized carbons (Fsp3) is 0.611. The van der Waals surface area contributed by atoms with Crippen LogP contribution in [0.1, 0.15) is 39.2 Å². The number of nitrogens with one attached hydrogen (secondary N) is 2. The van der Waals surface area contributed by atoms with E-state index in [9.17, 15) is 9.90 Å². The Morgan fingerprint density at radius 3 is 2.87 bits per heavy atom. The minimum Gasteiger partial charge on any atom is -0.393 e. The summed E-state index contributed by atoms with van der Waals surface area (Å²) in [5.74, 6) is 0. The van der Waals surface area contributed by atoms with Crippen molar-refractivity contribution in [3.63, 3.8) is 0 Å². The van der Waals surface area contributed by atoms with Crippen LogP contribution >= 0.6 is 0 Å². The molecule has 5 heteroatoms. The molecule has 0 radical (unpaired) electrons. The molecule has 0 fully saturated rings. The summed E-state index contributed by atoms with van der Waals surface area (Å²) < 4.78 is 0. The zero-order chi connectivity index (χ0) is 17.0. The Balaban J connectivity index is 1.91. The van der Waals surface area contributed by atoms with Gasteiger partial charge in [-0.15, -0.1) is 0 Å². The van der Waals surface area contributed by atoms with Crippen LogP contribution in [0.5, 0.6) is 0 Å². The number of benzene rings is 1. The average molecular weight is 319 g/mol. The van der Waals surface area contributed by atoms with Crippen molar-refractivity contribution < 1.29 is 9.90 Å². The molecule has 0 saturated carbocycles. The zero-order valence-corrected chi connectivity index (χ0v) is 14.6. The summed E-state index contributed by atoms with van der Waals surface area (Å²) in [6.45, 7) is 7.45. The van der Waals surface area contributed by atoms with Crippen molar-refractivity contribution >= 4 is 17.4 Å². The number of fused-ring (bicyclic) bond motifs is 1. The van der Waals surface area contributed by atoms with Gasteiger partial charge in [-0.25, -0.2) is 4.79 Å². The Kier molecular flexibility index (Phi) is 5.52. The molecule has 2 rings (SSSR count). The van der Waals surface area contributed by atoms with Gasteiger partial charge in [-0.2, -0.15) is 0 Å². The van der Waals surface area contributed by atoms with Gasteiger partial charge in [0, 0.05) is 31.5 Å². The summed E-state index contributed by atoms with van der Waals surface area (Å²) in [5.41, 5.74) is 3.22. The fourth-order valence-electron chi connectivity index (χ4n) is 3.23. The van der Waals surface area contributed by atoms with Gasteiger partial charge in [0.15, 0.2) is 0 Å². The smallest absolute Gasteiger partial charge is 0.319 e. The minimum absolute atomic E-state index is 0.135. The summed E-state index contributed by atoms with van der Waals surface area (Å²) in [5, 5.41) is 15.3. The summed E-state index contributed by atoms with van der Waals surface area (Å²) >= 11 is 0. The molecule has 128 valence electrons. The number of nitrogens with zero attached hydrogens (tertiary/aromatic N) is 1. The van der Waals surface area contributed by atoms with Crippen molar-refractivity contribution in [2.45, 2.75) is 46.1 Å². The maximum absolute atomic E-state index is 12.1. The van der Waals surface area contributed by atoms with Crippen LogP contribution in [-0.4, -0.2) is 37.4 Å². The Bertz CT molecular complexity index is 555. The maximum Gasteiger partial charge on any atom is 0.319 e. The monoisotopic (exact) mass is 319 g/mol. The van der Waals surface area contributed by atoms with Crippen molar-refractivity contribution in [2.75, 3.05) is 30.4 Å². The van der Waals surface area contributed by atoms with E-state index in [1.54, 1.807) is 6.92 Å². The number of aliphatic hydroxyl groups is 1. The number of hydrogen-bond donors (Lipinski definition) is 3. The van der Waals surface area contributed by atoms with Gasteiger partial charge < -0.3 is 20.6 Å². The molecule has 5 nitrogen and oxygen atoms in total. The van der Waals surface area contributed by atoms with E-state index in [4.69, 9.17) is 0 Å². The molecular formula is C18H29N3O2. The van der Waals surface area contributed by atoms with Crippen LogP contribution in [0.15, 0.2) is 18.2 Å². The lowest BCUT2D eigenvalue weighted by molar-refractivity contribution is 0.129. The summed E-state index contributed by atoms with van der Waals surface area (Å²) in [4.78, 5) is 14.3. The zero-order valence-electron chi connectivity index (χ0n) is 14.6. The number of hydrogen-bond acceptors (Lipinski definition) is 3. The van der Waals surface area contributed by atoms with Crippen molar-refractivity contribution in [3.8, 4) is 0 Å². The van der Waals surface area contributed by atoms with E-state index in [1.165, 1.54) is 11.3 Å². The second-order valence-electron chi connectivity index (χ2n) is 7.39. The molecule has 1 aliphatic heterocycles. The Morgan fingerprint density at radius 2 is 2.17 bits per heavy atom. The van der Waals surface area contributed by atoms with E-state index < -0.39 is 0 Å². The van der Waals surface area contributed by atoms with Crippen molar-refractivity contribution in [2.24, 2.45) is 5.41 Å². The molecule has 0 aromatic heterocycles. The van der Waals surface area contributed by atoms with Crippen LogP contribution < -0.4 is 15.5 Å². The van der Waals surface area contributed by atoms with Crippen LogP contribution in [0.3, 0.4) is 0 Å². The van der Waals surface area contributed by atoms with Gasteiger partial charge in [0.25, 0.3) is 0 Å². The Hall–Kier alpha value is -1.75. The first kappa shape index (κ1) is 17.6. The van der Waals surface area contributed by atoms with Gasteiger partial charge in [-0.05, 0) is 55.4 Å². The molecule has 1 aromatic carbocycles. The Morgan fingerprint density at radius 1 is 1.43 bits per heavy atom. The third kappa shape index (κ3) is 5.13. The maximum atomic E-state index is 12.1. The fourth-order valence-corrected chi connectivity index (χ4v) is 3.23. The number of urea groups is 1. The molecular weight excluding hydrogens is 290 g/mol. The first-order chi connectivity index (χ1) is 10.8. The first-order valence-corrected chi connectivity index (χ1v) is 8.34. The van der Waals surface area contributed by atoms with Gasteiger partial charge in [0.1, 0.15) is 0 Å². The molecule has 3 N–H and O–H groups in total. The second kappa shape index (κ2) is 7.21. The summed E-state index contributed by atoms with van der Waals surface area (Å²) in [6, 6.07) is 5.88. The van der Waals surface area contributed by atoms with Gasteiger partial charge in [-0.1, -0.05) is 13.8 Å². The lowest BCUT2D eigenvalue weighted by Gasteiger charge is -2.28. The predicted octanol–water partition coefficient (Wildman–Crippen LogP) is 2.99. The van der Waals surface area contributed by atoms with Crippen molar-refractivity contribution in [1.29, 1.82) is 0 Å². The molecule has 23 heavy (non-hydrogen) atoms. The first-order valence-electron chi connectivity index (χ1n) is 8.34. The van der Waals surface area contributed by atoms with Gasteiger partial charge in [0.05, 0.1) is 6.10 Å². The second-order valence-corrected chi connectivity index (χ2v) is 7.39. The van der Waals surface area contributed by atoms with Crippen LogP contribution in [-0.2, 0) is 6.42 Å². The number of aryl methyl sites for hydroxylation is 1. The van der Waals surface area contributed by atoms with Gasteiger partial charge in [-0.3, -0.25) is 0 Å². The van der Waals surface area contributed by atoms with E-state index in [2.05, 4.69) is 34.7 Å². The molecule has 2 amide bonds. The SMILES string of the molecule is C[C@@H](O)CC(C)(C)CNC(=O)Nc1ccc2c(c1)CCCN2C. The minimum atomic E-state index is -0.368. The van der Waals surface area contributed by atoms with Crippen LogP contribution in [0.2, 0.25) is 0 Å². The third-order valence-corrected chi connectivity index (χ3v) is 4.26. The quantitative estimate of drug-likeness (QED) is 0.782. The number of amides is 2. The molecule has 0 spiro atoms. The lowest BCUT2D eigenvalue weighted by Crippen LogP contribution is -2.38. The molecule has 1 atom stereocenters. The number of carbonyl (C=O) groups is 1. The molecule has 0 aliphatic carbocycles. The highest BCUT2D eigenvalue weighted by molar-refractivity contribution is 5.89. The highest BCUT2D eigenvalue weighted by atomic mass is 16.3. The van der Waals surface area contributed by atoms with Crippen LogP contribution in [0.25, 0.3) is 0 Å². The standard InChI is InChI=1S/C18H29N3O2/c1-13(22)11-18(2,3)12-19-17(23)20-15-7-8-16-14(10-15)6-5-9-21(16)4/h7-8,10,13,22H,5-6,9,11-12H2,1-4H3,(H2,19,20,23)/t13-/m1/s1. The van der Waals surface area contributed by atoms with E-state index >= 15 is 0 Å². The van der Waals surface area contributed by atoms with E-state index in [1.807, 2.05) is 19.9 Å². The highest BCUT2D eigenvalue weighted by Crippen LogP contribution is 2.28. The largest absolute Gasteiger partial charge is 0.393 e. The summed E-state index contributed by atoms with van der Waals surface area (Å²) in [6.07, 6.45) is 2.48. The number of rotatable bonds is 5. The molecule has 0 saturated heterocycles. The Labute approximate surface area is 139 Å². The molecule has 0 bridgehead atoms. The average Bonchev–Trinajstić information content (AvgIpc) is 2.44. The molecule has 0 unspecified atom stereocenters. The van der Waals surface area contributed by atoms with E-state index in [-0.39, 0.29) is 17.6 Å².